The Balaban J connectivity index is 2.28. The Morgan fingerprint density at radius 1 is 0.952 bits per heavy atom. The molecule has 3 aromatic rings. The van der Waals surface area contributed by atoms with Gasteiger partial charge in [0, 0.05) is 5.56 Å². The van der Waals surface area contributed by atoms with E-state index in [1.165, 1.54) is 0 Å². The van der Waals surface area contributed by atoms with Gasteiger partial charge in [0.25, 0.3) is 0 Å². The van der Waals surface area contributed by atoms with Crippen LogP contribution in [0.5, 0.6) is 0 Å². The van der Waals surface area contributed by atoms with E-state index in [4.69, 9.17) is 4.42 Å². The Morgan fingerprint density at radius 3 is 2.38 bits per heavy atom. The van der Waals surface area contributed by atoms with Crippen LogP contribution in [-0.4, -0.2) is 5.78 Å². The molecule has 0 spiro atoms. The first-order chi connectivity index (χ1) is 10.1. The molecule has 3 heteroatoms. The Labute approximate surface area is 121 Å². The number of ketones is 1. The highest BCUT2D eigenvalue weighted by Crippen LogP contribution is 2.19. The Hall–Kier alpha value is -2.68. The summed E-state index contributed by atoms with van der Waals surface area (Å²) in [5.41, 5.74) is 1.71. The van der Waals surface area contributed by atoms with Crippen molar-refractivity contribution in [3.05, 3.63) is 81.2 Å². The highest BCUT2D eigenvalue weighted by Gasteiger charge is 2.20. The first kappa shape index (κ1) is 13.3. The van der Waals surface area contributed by atoms with Crippen molar-refractivity contribution in [2.75, 3.05) is 0 Å². The minimum atomic E-state index is -0.287. The van der Waals surface area contributed by atoms with E-state index in [2.05, 4.69) is 0 Å². The minimum Gasteiger partial charge on any atom is -0.460 e. The fourth-order valence-corrected chi connectivity index (χ4v) is 2.48. The molecule has 0 saturated carbocycles. The lowest BCUT2D eigenvalue weighted by atomic mass is 9.97. The number of aryl methyl sites for hydroxylation is 2. The number of rotatable bonds is 2. The van der Waals surface area contributed by atoms with Gasteiger partial charge in [0.05, 0.1) is 5.39 Å². The molecule has 0 bridgehead atoms. The average Bonchev–Trinajstić information content (AvgIpc) is 2.47. The van der Waals surface area contributed by atoms with Crippen LogP contribution in [-0.2, 0) is 0 Å². The standard InChI is InChI=1S/C18H14O3/c1-11-7-3-4-8-13(11)17(19)16-12(2)21-15-10-6-5-9-14(15)18(16)20/h3-10H,1-2H3. The number of carbonyl (C=O) groups excluding carboxylic acids is 1. The van der Waals surface area contributed by atoms with Crippen molar-refractivity contribution >= 4 is 16.8 Å². The molecule has 104 valence electrons. The minimum absolute atomic E-state index is 0.114. The number of hydrogen-bond acceptors (Lipinski definition) is 3. The fraction of sp³-hybridized carbons (Fsp3) is 0.111. The molecule has 1 heterocycles. The maximum atomic E-state index is 12.7. The molecule has 0 unspecified atom stereocenters. The predicted molar refractivity (Wildman–Crippen MR) is 81.8 cm³/mol. The van der Waals surface area contributed by atoms with Crippen LogP contribution in [0, 0.1) is 13.8 Å². The lowest BCUT2D eigenvalue weighted by molar-refractivity contribution is 0.103. The van der Waals surface area contributed by atoms with E-state index in [1.54, 1.807) is 43.3 Å². The summed E-state index contributed by atoms with van der Waals surface area (Å²) in [4.78, 5) is 25.3. The van der Waals surface area contributed by atoms with Crippen molar-refractivity contribution in [2.45, 2.75) is 13.8 Å². The van der Waals surface area contributed by atoms with Crippen molar-refractivity contribution < 1.29 is 9.21 Å². The topological polar surface area (TPSA) is 47.3 Å². The third kappa shape index (κ3) is 2.17. The molecule has 0 radical (unpaired) electrons. The lowest BCUT2D eigenvalue weighted by Crippen LogP contribution is -2.18. The molecule has 3 nitrogen and oxygen atoms in total. The lowest BCUT2D eigenvalue weighted by Gasteiger charge is -2.07. The van der Waals surface area contributed by atoms with E-state index >= 15 is 0 Å². The van der Waals surface area contributed by atoms with Gasteiger partial charge in [0.15, 0.2) is 0 Å². The fourth-order valence-electron chi connectivity index (χ4n) is 2.48. The summed E-state index contributed by atoms with van der Waals surface area (Å²) in [7, 11) is 0. The van der Waals surface area contributed by atoms with Crippen LogP contribution in [0.1, 0.15) is 27.2 Å². The molecular weight excluding hydrogens is 264 g/mol. The molecule has 0 fully saturated rings. The zero-order valence-electron chi connectivity index (χ0n) is 11.8. The van der Waals surface area contributed by atoms with Gasteiger partial charge in [0.1, 0.15) is 16.9 Å². The molecule has 3 rings (SSSR count). The van der Waals surface area contributed by atoms with Crippen LogP contribution in [0.3, 0.4) is 0 Å². The van der Waals surface area contributed by atoms with Gasteiger partial charge in [0.2, 0.25) is 11.2 Å². The first-order valence-electron chi connectivity index (χ1n) is 6.72. The maximum absolute atomic E-state index is 12.7. The van der Waals surface area contributed by atoms with Gasteiger partial charge in [-0.15, -0.1) is 0 Å². The Morgan fingerprint density at radius 2 is 1.62 bits per heavy atom. The summed E-state index contributed by atoms with van der Waals surface area (Å²) in [5, 5.41) is 0.431. The molecule has 0 atom stereocenters. The predicted octanol–water partition coefficient (Wildman–Crippen LogP) is 3.64. The summed E-state index contributed by atoms with van der Waals surface area (Å²) in [6.45, 7) is 3.50. The number of hydrogen-bond donors (Lipinski definition) is 0. The molecule has 0 saturated heterocycles. The smallest absolute Gasteiger partial charge is 0.204 e. The van der Waals surface area contributed by atoms with Crippen molar-refractivity contribution in [3.8, 4) is 0 Å². The van der Waals surface area contributed by atoms with E-state index in [1.807, 2.05) is 19.1 Å². The van der Waals surface area contributed by atoms with Gasteiger partial charge in [-0.05, 0) is 31.5 Å². The van der Waals surface area contributed by atoms with Crippen LogP contribution < -0.4 is 5.43 Å². The monoisotopic (exact) mass is 278 g/mol. The van der Waals surface area contributed by atoms with E-state index in [0.717, 1.165) is 5.56 Å². The van der Waals surface area contributed by atoms with Crippen molar-refractivity contribution in [1.29, 1.82) is 0 Å². The van der Waals surface area contributed by atoms with Gasteiger partial charge in [-0.2, -0.15) is 0 Å². The molecule has 0 aliphatic rings. The average molecular weight is 278 g/mol. The second-order valence-corrected chi connectivity index (χ2v) is 5.00. The van der Waals surface area contributed by atoms with Gasteiger partial charge in [-0.25, -0.2) is 0 Å². The van der Waals surface area contributed by atoms with Gasteiger partial charge in [-0.3, -0.25) is 9.59 Å². The number of fused-ring (bicyclic) bond motifs is 1. The summed E-state index contributed by atoms with van der Waals surface area (Å²) >= 11 is 0. The Kier molecular flexibility index (Phi) is 3.18. The molecule has 0 N–H and O–H groups in total. The van der Waals surface area contributed by atoms with Crippen molar-refractivity contribution in [2.24, 2.45) is 0 Å². The SMILES string of the molecule is Cc1ccccc1C(=O)c1c(C)oc2ccccc2c1=O. The van der Waals surface area contributed by atoms with Crippen LogP contribution in [0.2, 0.25) is 0 Å². The summed E-state index contributed by atoms with van der Waals surface area (Å²) in [5.74, 6) is 0.0667. The van der Waals surface area contributed by atoms with Crippen LogP contribution in [0.4, 0.5) is 0 Å². The molecule has 2 aromatic carbocycles. The van der Waals surface area contributed by atoms with E-state index < -0.39 is 0 Å². The van der Waals surface area contributed by atoms with Gasteiger partial charge < -0.3 is 4.42 Å². The van der Waals surface area contributed by atoms with Crippen LogP contribution >= 0.6 is 0 Å². The van der Waals surface area contributed by atoms with E-state index in [-0.39, 0.29) is 16.8 Å². The van der Waals surface area contributed by atoms with Crippen molar-refractivity contribution in [1.82, 2.24) is 0 Å². The third-order valence-electron chi connectivity index (χ3n) is 3.59. The normalized spacial score (nSPS) is 10.8. The van der Waals surface area contributed by atoms with Gasteiger partial charge >= 0.3 is 0 Å². The quantitative estimate of drug-likeness (QED) is 0.672. The zero-order valence-corrected chi connectivity index (χ0v) is 11.8. The van der Waals surface area contributed by atoms with Crippen molar-refractivity contribution in [3.63, 3.8) is 0 Å². The molecule has 0 aliphatic carbocycles. The third-order valence-corrected chi connectivity index (χ3v) is 3.59. The van der Waals surface area contributed by atoms with Crippen LogP contribution in [0.25, 0.3) is 11.0 Å². The molecule has 21 heavy (non-hydrogen) atoms. The van der Waals surface area contributed by atoms with Crippen LogP contribution in [0.15, 0.2) is 57.7 Å². The first-order valence-corrected chi connectivity index (χ1v) is 6.72. The highest BCUT2D eigenvalue weighted by atomic mass is 16.3. The second kappa shape index (κ2) is 5.02. The number of benzene rings is 2. The maximum Gasteiger partial charge on any atom is 0.204 e. The molecule has 1 aromatic heterocycles. The number of carbonyl (C=O) groups is 1. The zero-order chi connectivity index (χ0) is 15.0. The molecule has 0 aliphatic heterocycles. The van der Waals surface area contributed by atoms with E-state index in [0.29, 0.717) is 22.3 Å². The summed E-state index contributed by atoms with van der Waals surface area (Å²) in [6.07, 6.45) is 0. The number of para-hydroxylation sites is 1. The van der Waals surface area contributed by atoms with Gasteiger partial charge in [-0.1, -0.05) is 36.4 Å². The highest BCUT2D eigenvalue weighted by molar-refractivity contribution is 6.11. The Bertz CT molecular complexity index is 904. The largest absolute Gasteiger partial charge is 0.460 e. The summed E-state index contributed by atoms with van der Waals surface area (Å²) < 4.78 is 5.64. The molecular formula is C18H14O3. The molecule has 0 amide bonds. The summed E-state index contributed by atoms with van der Waals surface area (Å²) in [6, 6.07) is 14.2. The second-order valence-electron chi connectivity index (χ2n) is 5.00. The van der Waals surface area contributed by atoms with E-state index in [9.17, 15) is 9.59 Å².